The lowest BCUT2D eigenvalue weighted by atomic mass is 9.98. The molecule has 4 rings (SSSR count). The number of rotatable bonds is 17. The molecule has 16 nitrogen and oxygen atoms in total. The Morgan fingerprint density at radius 2 is 2.00 bits per heavy atom. The van der Waals surface area contributed by atoms with Gasteiger partial charge in [-0.15, -0.1) is 0 Å². The highest BCUT2D eigenvalue weighted by molar-refractivity contribution is 7.91. The van der Waals surface area contributed by atoms with Gasteiger partial charge in [0.25, 0.3) is 0 Å². The molecule has 1 amide bonds. The second-order valence-corrected chi connectivity index (χ2v) is 14.0. The Hall–Kier alpha value is -4.51. The molecule has 1 aliphatic rings. The maximum atomic E-state index is 13.4. The molecule has 3 heterocycles. The van der Waals surface area contributed by atoms with Crippen LogP contribution in [0.5, 0.6) is 6.01 Å². The third-order valence-electron chi connectivity index (χ3n) is 8.19. The molecule has 0 spiro atoms. The molecule has 0 saturated carbocycles. The normalized spacial score (nSPS) is 16.2. The maximum Gasteiger partial charge on any atom is 0.332 e. The number of nitrogen functional groups attached to an aromatic ring is 1. The minimum absolute atomic E-state index is 0.00617. The predicted octanol–water partition coefficient (Wildman–Crippen LogP) is 1.51. The van der Waals surface area contributed by atoms with Gasteiger partial charge in [0.15, 0.2) is 21.3 Å². The number of nitrogens with one attached hydrogen (secondary N) is 2. The highest BCUT2D eigenvalue weighted by atomic mass is 32.2. The number of hydrogen-bond acceptors (Lipinski definition) is 12. The van der Waals surface area contributed by atoms with Gasteiger partial charge in [-0.3, -0.25) is 19.3 Å². The lowest BCUT2D eigenvalue weighted by molar-refractivity contribution is -0.140. The molecule has 1 aromatic carbocycles. The van der Waals surface area contributed by atoms with Gasteiger partial charge < -0.3 is 30.6 Å². The molecular weight excluding hydrogens is 646 g/mol. The van der Waals surface area contributed by atoms with Gasteiger partial charge in [0.1, 0.15) is 5.52 Å². The molecule has 2 atom stereocenters. The number of methoxy groups -OCH3 is 1. The molecule has 2 unspecified atom stereocenters. The molecule has 1 fully saturated rings. The molecule has 5 N–H and O–H groups in total. The van der Waals surface area contributed by atoms with E-state index in [0.29, 0.717) is 42.7 Å². The Bertz CT molecular complexity index is 1810. The monoisotopic (exact) mass is 689 g/mol. The first-order valence-corrected chi connectivity index (χ1v) is 17.7. The number of hydrogen-bond donors (Lipinski definition) is 4. The molecule has 1 saturated heterocycles. The number of carboxylic acid groups (broad SMARTS) is 1. The van der Waals surface area contributed by atoms with Gasteiger partial charge in [-0.05, 0) is 36.5 Å². The number of benzene rings is 1. The summed E-state index contributed by atoms with van der Waals surface area (Å²) in [4.78, 5) is 63.5. The average molecular weight is 690 g/mol. The summed E-state index contributed by atoms with van der Waals surface area (Å²) in [6.45, 7) is 4.12. The number of sulfone groups is 1. The van der Waals surface area contributed by atoms with E-state index in [-0.39, 0.29) is 60.4 Å². The number of nitrogens with zero attached hydrogens (tertiary/aromatic N) is 4. The van der Waals surface area contributed by atoms with Crippen LogP contribution < -0.4 is 21.5 Å². The minimum Gasteiger partial charge on any atom is -0.481 e. The zero-order valence-corrected chi connectivity index (χ0v) is 28.2. The zero-order valence-electron chi connectivity index (χ0n) is 27.4. The van der Waals surface area contributed by atoms with Gasteiger partial charge in [0.2, 0.25) is 5.91 Å². The van der Waals surface area contributed by atoms with Crippen LogP contribution in [0.15, 0.2) is 23.0 Å². The summed E-state index contributed by atoms with van der Waals surface area (Å²) in [5.74, 6) is -2.15. The van der Waals surface area contributed by atoms with E-state index in [0.717, 1.165) is 12.8 Å². The smallest absolute Gasteiger partial charge is 0.332 e. The predicted molar refractivity (Wildman–Crippen MR) is 177 cm³/mol. The first kappa shape index (κ1) is 36.3. The van der Waals surface area contributed by atoms with E-state index in [1.165, 1.54) is 11.7 Å². The lowest BCUT2D eigenvalue weighted by Crippen LogP contribution is -2.45. The third-order valence-corrected chi connectivity index (χ3v) is 9.94. The van der Waals surface area contributed by atoms with Gasteiger partial charge in [0.05, 0.1) is 56.3 Å². The number of aromatic nitrogens is 4. The van der Waals surface area contributed by atoms with E-state index in [1.54, 1.807) is 23.1 Å². The van der Waals surface area contributed by atoms with E-state index in [1.807, 2.05) is 13.8 Å². The van der Waals surface area contributed by atoms with Gasteiger partial charge in [-0.1, -0.05) is 38.8 Å². The minimum atomic E-state index is -3.27. The first-order valence-electron chi connectivity index (χ1n) is 15.9. The van der Waals surface area contributed by atoms with Crippen LogP contribution in [0.4, 0.5) is 5.82 Å². The van der Waals surface area contributed by atoms with E-state index in [2.05, 4.69) is 20.3 Å². The van der Waals surface area contributed by atoms with Crippen molar-refractivity contribution in [3.63, 3.8) is 0 Å². The van der Waals surface area contributed by atoms with Crippen LogP contribution in [0.1, 0.15) is 69.5 Å². The number of carbonyl (C=O) groups excluding carboxylic acids is 2. The lowest BCUT2D eigenvalue weighted by Gasteiger charge is -2.28. The van der Waals surface area contributed by atoms with E-state index in [4.69, 9.17) is 15.2 Å². The maximum absolute atomic E-state index is 13.4. The number of esters is 1. The molecule has 17 heteroatoms. The van der Waals surface area contributed by atoms with Crippen molar-refractivity contribution in [2.75, 3.05) is 44.0 Å². The molecule has 2 aromatic heterocycles. The SMILES string of the molecule is CCCCOc1nc(N)c2[nH]c(=O)n(-c3cc(C(CCC)NC(=O)CN(CCC(=O)O)C4CCS(=O)(=O)C4)ccc3CC(=O)OC)c2n1. The number of H-pyrrole nitrogens is 1. The van der Waals surface area contributed by atoms with Crippen molar-refractivity contribution in [3.8, 4) is 11.7 Å². The fourth-order valence-electron chi connectivity index (χ4n) is 5.69. The third kappa shape index (κ3) is 9.09. The van der Waals surface area contributed by atoms with Crippen LogP contribution in [0, 0.1) is 0 Å². The largest absolute Gasteiger partial charge is 0.481 e. The topological polar surface area (TPSA) is 229 Å². The number of aliphatic carboxylic acids is 1. The van der Waals surface area contributed by atoms with Gasteiger partial charge >= 0.3 is 23.6 Å². The highest BCUT2D eigenvalue weighted by Crippen LogP contribution is 2.28. The number of anilines is 1. The van der Waals surface area contributed by atoms with Gasteiger partial charge in [-0.2, -0.15) is 9.97 Å². The second-order valence-electron chi connectivity index (χ2n) is 11.8. The zero-order chi connectivity index (χ0) is 35.0. The van der Waals surface area contributed by atoms with Gasteiger partial charge in [0, 0.05) is 12.6 Å². The Morgan fingerprint density at radius 3 is 2.65 bits per heavy atom. The Kier molecular flexibility index (Phi) is 12.2. The standard InChI is InChI=1S/C31H43N7O9S/c1-4-6-13-47-30-35-28(32)27-29(36-30)38(31(43)34-27)23-15-19(8-9-20(23)16-26(42)46-3)22(7-5-2)33-24(39)17-37(12-10-25(40)41)21-11-14-48(44,45)18-21/h8-9,15,21-22H,4-7,10-14,16-18H2,1-3H3,(H,33,39)(H,34,43)(H,40,41)(H2,32,35,36). The molecule has 0 aliphatic carbocycles. The fraction of sp³-hybridized carbons (Fsp3) is 0.548. The molecule has 262 valence electrons. The molecule has 1 aliphatic heterocycles. The summed E-state index contributed by atoms with van der Waals surface area (Å²) in [6, 6.07) is 4.09. The van der Waals surface area contributed by atoms with Crippen molar-refractivity contribution in [1.29, 1.82) is 0 Å². The van der Waals surface area contributed by atoms with Crippen LogP contribution in [0.3, 0.4) is 0 Å². The van der Waals surface area contributed by atoms with Crippen molar-refractivity contribution < 1.29 is 37.4 Å². The van der Waals surface area contributed by atoms with Crippen molar-refractivity contribution in [2.24, 2.45) is 0 Å². The van der Waals surface area contributed by atoms with Crippen molar-refractivity contribution >= 4 is 44.7 Å². The Balaban J connectivity index is 1.71. The van der Waals surface area contributed by atoms with Crippen LogP contribution in [-0.2, 0) is 35.4 Å². The first-order chi connectivity index (χ1) is 22.8. The van der Waals surface area contributed by atoms with Crippen LogP contribution in [0.2, 0.25) is 0 Å². The van der Waals surface area contributed by atoms with E-state index < -0.39 is 45.5 Å². The molecular formula is C31H43N7O9S. The molecule has 3 aromatic rings. The number of nitrogens with two attached hydrogens (primary N) is 1. The number of unbranched alkanes of at least 4 members (excludes halogenated alkanes) is 1. The highest BCUT2D eigenvalue weighted by Gasteiger charge is 2.33. The summed E-state index contributed by atoms with van der Waals surface area (Å²) in [5, 5.41) is 12.3. The number of fused-ring (bicyclic) bond motifs is 1. The van der Waals surface area contributed by atoms with Crippen molar-refractivity contribution in [3.05, 3.63) is 39.8 Å². The fourth-order valence-corrected chi connectivity index (χ4v) is 7.45. The number of ether oxygens (including phenoxy) is 2. The Labute approximate surface area is 277 Å². The quantitative estimate of drug-likeness (QED) is 0.117. The van der Waals surface area contributed by atoms with Crippen LogP contribution in [0.25, 0.3) is 16.9 Å². The van der Waals surface area contributed by atoms with Crippen LogP contribution in [-0.4, -0.2) is 100 Å². The number of carboxylic acids is 1. The molecule has 0 bridgehead atoms. The number of amides is 1. The van der Waals surface area contributed by atoms with Crippen molar-refractivity contribution in [2.45, 2.75) is 70.9 Å². The Morgan fingerprint density at radius 1 is 1.23 bits per heavy atom. The van der Waals surface area contributed by atoms with Gasteiger partial charge in [-0.25, -0.2) is 17.8 Å². The average Bonchev–Trinajstić information content (AvgIpc) is 3.57. The molecule has 0 radical (unpaired) electrons. The summed E-state index contributed by atoms with van der Waals surface area (Å²) < 4.78 is 36.1. The molecule has 48 heavy (non-hydrogen) atoms. The van der Waals surface area contributed by atoms with Crippen molar-refractivity contribution in [1.82, 2.24) is 29.7 Å². The number of aromatic amines is 1. The summed E-state index contributed by atoms with van der Waals surface area (Å²) >= 11 is 0. The van der Waals surface area contributed by atoms with E-state index in [9.17, 15) is 32.7 Å². The summed E-state index contributed by atoms with van der Waals surface area (Å²) in [5.41, 5.74) is 7.28. The van der Waals surface area contributed by atoms with E-state index >= 15 is 0 Å². The summed E-state index contributed by atoms with van der Waals surface area (Å²) in [6.07, 6.45) is 2.72. The van der Waals surface area contributed by atoms with Crippen LogP contribution >= 0.6 is 0 Å². The second kappa shape index (κ2) is 16.1. The summed E-state index contributed by atoms with van der Waals surface area (Å²) in [7, 11) is -2.01. The number of carbonyl (C=O) groups is 3. The number of imidazole rings is 1.